The van der Waals surface area contributed by atoms with E-state index in [0.29, 0.717) is 12.5 Å². The second-order valence-corrected chi connectivity index (χ2v) is 8.21. The van der Waals surface area contributed by atoms with E-state index >= 15 is 0 Å². The van der Waals surface area contributed by atoms with E-state index in [1.165, 1.54) is 19.3 Å². The minimum absolute atomic E-state index is 0.205. The van der Waals surface area contributed by atoms with E-state index < -0.39 is 0 Å². The first kappa shape index (κ1) is 15.4. The lowest BCUT2D eigenvalue weighted by molar-refractivity contribution is -0.121. The van der Waals surface area contributed by atoms with Gasteiger partial charge < -0.3 is 5.32 Å². The number of rotatable bonds is 5. The molecule has 0 radical (unpaired) electrons. The third-order valence-corrected chi connectivity index (χ3v) is 6.80. The number of fused-ring (bicyclic) bond motifs is 5. The summed E-state index contributed by atoms with van der Waals surface area (Å²) in [5, 5.41) is 4.12. The number of nitrogens with one attached hydrogen (secondary N) is 1. The summed E-state index contributed by atoms with van der Waals surface area (Å²) in [5.41, 5.74) is 3.15. The maximum absolute atomic E-state index is 12.3. The zero-order valence-corrected chi connectivity index (χ0v) is 14.9. The molecule has 0 unspecified atom stereocenters. The Hall–Kier alpha value is -1.10. The molecule has 4 rings (SSSR count). The Labute approximate surface area is 142 Å². The third-order valence-electron chi connectivity index (χ3n) is 6.25. The molecule has 3 fully saturated rings. The third kappa shape index (κ3) is 2.67. The molecule has 1 aromatic rings. The molecule has 3 aliphatic rings. The number of aryl methyl sites for hydroxylation is 2. The van der Waals surface area contributed by atoms with Crippen LogP contribution in [0.5, 0.6) is 0 Å². The number of carbonyl (C=O) groups is 1. The predicted molar refractivity (Wildman–Crippen MR) is 91.3 cm³/mol. The van der Waals surface area contributed by atoms with Crippen LogP contribution in [-0.2, 0) is 11.2 Å². The van der Waals surface area contributed by atoms with Crippen molar-refractivity contribution in [1.82, 2.24) is 15.3 Å². The highest BCUT2D eigenvalue weighted by Crippen LogP contribution is 2.65. The van der Waals surface area contributed by atoms with Gasteiger partial charge in [-0.3, -0.25) is 4.79 Å². The van der Waals surface area contributed by atoms with Crippen LogP contribution >= 0.6 is 11.8 Å². The van der Waals surface area contributed by atoms with Gasteiger partial charge in [0.1, 0.15) is 0 Å². The van der Waals surface area contributed by atoms with Crippen LogP contribution in [0.4, 0.5) is 0 Å². The minimum atomic E-state index is 0.205. The molecule has 3 aliphatic carbocycles. The van der Waals surface area contributed by atoms with Gasteiger partial charge in [-0.25, -0.2) is 9.97 Å². The van der Waals surface area contributed by atoms with E-state index in [4.69, 9.17) is 0 Å². The van der Waals surface area contributed by atoms with E-state index in [1.807, 2.05) is 20.1 Å². The van der Waals surface area contributed by atoms with Crippen LogP contribution in [0.15, 0.2) is 5.16 Å². The maximum Gasteiger partial charge on any atom is 0.220 e. The largest absolute Gasteiger partial charge is 0.353 e. The molecule has 3 saturated carbocycles. The monoisotopic (exact) mass is 331 g/mol. The molecule has 1 heterocycles. The summed E-state index contributed by atoms with van der Waals surface area (Å²) >= 11 is 1.56. The summed E-state index contributed by atoms with van der Waals surface area (Å²) in [4.78, 5) is 21.3. The summed E-state index contributed by atoms with van der Waals surface area (Å²) in [6, 6.07) is 0.492. The minimum Gasteiger partial charge on any atom is -0.353 e. The van der Waals surface area contributed by atoms with Crippen molar-refractivity contribution in [3.63, 3.8) is 0 Å². The summed E-state index contributed by atoms with van der Waals surface area (Å²) in [6.07, 6.45) is 7.51. The summed E-state index contributed by atoms with van der Waals surface area (Å²) < 4.78 is 0. The average Bonchev–Trinajstić information content (AvgIpc) is 2.91. The van der Waals surface area contributed by atoms with Crippen molar-refractivity contribution in [1.29, 1.82) is 0 Å². The fourth-order valence-corrected chi connectivity index (χ4v) is 5.63. The van der Waals surface area contributed by atoms with Crippen molar-refractivity contribution >= 4 is 17.7 Å². The molecule has 1 N–H and O–H groups in total. The van der Waals surface area contributed by atoms with Gasteiger partial charge >= 0.3 is 0 Å². The Bertz CT molecular complexity index is 608. The van der Waals surface area contributed by atoms with Crippen molar-refractivity contribution < 1.29 is 4.79 Å². The van der Waals surface area contributed by atoms with Crippen LogP contribution in [0.25, 0.3) is 0 Å². The quantitative estimate of drug-likeness (QED) is 0.666. The number of hydrogen-bond donors (Lipinski definition) is 1. The van der Waals surface area contributed by atoms with Gasteiger partial charge in [-0.15, -0.1) is 0 Å². The second kappa shape index (κ2) is 5.76. The Morgan fingerprint density at radius 1 is 1.17 bits per heavy atom. The van der Waals surface area contributed by atoms with Crippen LogP contribution in [0.1, 0.15) is 42.6 Å². The summed E-state index contributed by atoms with van der Waals surface area (Å²) in [5.74, 6) is 3.65. The van der Waals surface area contributed by atoms with Crippen LogP contribution in [0.2, 0.25) is 0 Å². The highest BCUT2D eigenvalue weighted by atomic mass is 32.2. The number of amides is 1. The predicted octanol–water partition coefficient (Wildman–Crippen LogP) is 2.91. The molecule has 2 bridgehead atoms. The van der Waals surface area contributed by atoms with Gasteiger partial charge in [-0.05, 0) is 75.0 Å². The van der Waals surface area contributed by atoms with Crippen LogP contribution < -0.4 is 5.32 Å². The summed E-state index contributed by atoms with van der Waals surface area (Å²) in [6.45, 7) is 4.04. The Kier molecular flexibility index (Phi) is 3.87. The van der Waals surface area contributed by atoms with E-state index in [1.54, 1.807) is 11.8 Å². The molecule has 0 spiro atoms. The van der Waals surface area contributed by atoms with Gasteiger partial charge in [0, 0.05) is 23.9 Å². The Morgan fingerprint density at radius 2 is 1.78 bits per heavy atom. The summed E-state index contributed by atoms with van der Waals surface area (Å²) in [7, 11) is 0. The Balaban J connectivity index is 1.32. The Morgan fingerprint density at radius 3 is 2.35 bits per heavy atom. The molecular weight excluding hydrogens is 306 g/mol. The molecule has 0 aromatic carbocycles. The standard InChI is InChI=1S/C18H25N3OS/c1-9-13(10(2)20-18(19-9)23-3)6-7-14(22)21-17-15-11-4-5-12(8-11)16(15)17/h11-12,15-17H,4-8H2,1-3H3,(H,21,22)/t11-,12-,15-,16-/m0/s1. The fraction of sp³-hybridized carbons (Fsp3) is 0.722. The van der Waals surface area contributed by atoms with Crippen molar-refractivity contribution in [3.8, 4) is 0 Å². The van der Waals surface area contributed by atoms with E-state index in [0.717, 1.165) is 52.2 Å². The van der Waals surface area contributed by atoms with Gasteiger partial charge in [0.15, 0.2) is 5.16 Å². The zero-order chi connectivity index (χ0) is 16.1. The molecule has 1 amide bonds. The number of aromatic nitrogens is 2. The lowest BCUT2D eigenvalue weighted by atomic mass is 10.0. The van der Waals surface area contributed by atoms with Gasteiger partial charge in [0.05, 0.1) is 0 Å². The molecule has 0 saturated heterocycles. The molecule has 0 aliphatic heterocycles. The van der Waals surface area contributed by atoms with Gasteiger partial charge in [-0.2, -0.15) is 0 Å². The first-order valence-electron chi connectivity index (χ1n) is 8.76. The average molecular weight is 331 g/mol. The molecule has 4 nitrogen and oxygen atoms in total. The van der Waals surface area contributed by atoms with Crippen molar-refractivity contribution in [2.24, 2.45) is 23.7 Å². The molecule has 23 heavy (non-hydrogen) atoms. The van der Waals surface area contributed by atoms with Crippen LogP contribution in [-0.4, -0.2) is 28.2 Å². The van der Waals surface area contributed by atoms with E-state index in [-0.39, 0.29) is 5.91 Å². The number of thioether (sulfide) groups is 1. The smallest absolute Gasteiger partial charge is 0.220 e. The molecular formula is C18H25N3OS. The number of hydrogen-bond acceptors (Lipinski definition) is 4. The van der Waals surface area contributed by atoms with Crippen LogP contribution in [0, 0.1) is 37.5 Å². The van der Waals surface area contributed by atoms with Gasteiger partial charge in [0.2, 0.25) is 5.91 Å². The van der Waals surface area contributed by atoms with E-state index in [9.17, 15) is 4.79 Å². The first-order valence-corrected chi connectivity index (χ1v) is 9.98. The maximum atomic E-state index is 12.3. The lowest BCUT2D eigenvalue weighted by Gasteiger charge is -2.12. The highest BCUT2D eigenvalue weighted by Gasteiger charge is 2.65. The van der Waals surface area contributed by atoms with Crippen LogP contribution in [0.3, 0.4) is 0 Å². The highest BCUT2D eigenvalue weighted by molar-refractivity contribution is 7.98. The first-order chi connectivity index (χ1) is 11.1. The van der Waals surface area contributed by atoms with E-state index in [2.05, 4.69) is 15.3 Å². The van der Waals surface area contributed by atoms with Gasteiger partial charge in [-0.1, -0.05) is 11.8 Å². The SMILES string of the molecule is CSc1nc(C)c(CCC(=O)NC2[C@H]3[C@H]4CC[C@@H](C4)[C@H]23)c(C)n1. The molecule has 1 aromatic heterocycles. The zero-order valence-electron chi connectivity index (χ0n) is 14.1. The lowest BCUT2D eigenvalue weighted by Crippen LogP contribution is -2.30. The number of nitrogens with zero attached hydrogens (tertiary/aromatic N) is 2. The molecule has 4 atom stereocenters. The molecule has 5 heteroatoms. The number of carbonyl (C=O) groups excluding carboxylic acids is 1. The van der Waals surface area contributed by atoms with Gasteiger partial charge in [0.25, 0.3) is 0 Å². The normalized spacial score (nSPS) is 33.6. The second-order valence-electron chi connectivity index (χ2n) is 7.44. The van der Waals surface area contributed by atoms with Crippen molar-refractivity contribution in [2.45, 2.75) is 57.1 Å². The fourth-order valence-electron chi connectivity index (χ4n) is 5.18. The topological polar surface area (TPSA) is 54.9 Å². The molecule has 124 valence electrons. The van der Waals surface area contributed by atoms with Crippen molar-refractivity contribution in [3.05, 3.63) is 17.0 Å². The van der Waals surface area contributed by atoms with Crippen molar-refractivity contribution in [2.75, 3.05) is 6.26 Å².